The number of hydrogen-bond acceptors (Lipinski definition) is 4. The highest BCUT2D eigenvalue weighted by atomic mass is 28.4. The molecule has 0 amide bonds. The summed E-state index contributed by atoms with van der Waals surface area (Å²) in [4.78, 5) is 12.9. The maximum atomic E-state index is 15.0. The number of ether oxygens (including phenoxy) is 1. The van der Waals surface area contributed by atoms with Crippen LogP contribution in [0.1, 0.15) is 25.3 Å². The first-order chi connectivity index (χ1) is 15.3. The smallest absolute Gasteiger partial charge is 0.279 e. The first kappa shape index (κ1) is 22.8. The van der Waals surface area contributed by atoms with Crippen LogP contribution in [0.3, 0.4) is 0 Å². The van der Waals surface area contributed by atoms with Crippen LogP contribution in [-0.4, -0.2) is 42.1 Å². The van der Waals surface area contributed by atoms with E-state index >= 15 is 0 Å². The molecule has 1 saturated heterocycles. The van der Waals surface area contributed by atoms with Gasteiger partial charge in [-0.25, -0.2) is 0 Å². The van der Waals surface area contributed by atoms with Crippen molar-refractivity contribution in [3.05, 3.63) is 70.6 Å². The third kappa shape index (κ3) is 4.56. The molecule has 170 valence electrons. The molecule has 0 aliphatic carbocycles. The molecular formula is C25H31FN2O3Si. The van der Waals surface area contributed by atoms with Crippen molar-refractivity contribution < 1.29 is 14.0 Å². The van der Waals surface area contributed by atoms with Gasteiger partial charge in [-0.05, 0) is 62.0 Å². The summed E-state index contributed by atoms with van der Waals surface area (Å²) in [5, 5.41) is 15.2. The number of rotatable bonds is 7. The van der Waals surface area contributed by atoms with Gasteiger partial charge in [-0.1, -0.05) is 37.3 Å². The molecule has 32 heavy (non-hydrogen) atoms. The number of aryl methyl sites for hydroxylation is 1. The van der Waals surface area contributed by atoms with E-state index in [1.165, 1.54) is 4.68 Å². The molecule has 2 aromatic carbocycles. The summed E-state index contributed by atoms with van der Waals surface area (Å²) in [6, 6.07) is 15.3. The first-order valence-corrected chi connectivity index (χ1v) is 14.3. The predicted molar refractivity (Wildman–Crippen MR) is 128 cm³/mol. The minimum Gasteiger partial charge on any atom is -0.396 e. The van der Waals surface area contributed by atoms with Gasteiger partial charge in [0.1, 0.15) is 0 Å². The lowest BCUT2D eigenvalue weighted by atomic mass is 9.95. The predicted octanol–water partition coefficient (Wildman–Crippen LogP) is 4.65. The zero-order valence-corrected chi connectivity index (χ0v) is 19.9. The molecule has 2 heterocycles. The van der Waals surface area contributed by atoms with Gasteiger partial charge in [0.25, 0.3) is 5.56 Å². The molecule has 0 radical (unpaired) electrons. The Morgan fingerprint density at radius 3 is 2.66 bits per heavy atom. The summed E-state index contributed by atoms with van der Waals surface area (Å²) in [5.41, 5.74) is 1.57. The molecule has 1 aliphatic heterocycles. The Balaban J connectivity index is 1.52. The van der Waals surface area contributed by atoms with Gasteiger partial charge >= 0.3 is 0 Å². The number of hydrogen-bond donors (Lipinski definition) is 1. The Labute approximate surface area is 189 Å². The van der Waals surface area contributed by atoms with Crippen LogP contribution >= 0.6 is 0 Å². The SMILES string of the molecule is C[C@H]1[C@H]([Si](C)(C)F)[C@@H](CCO)O[C@H]1CCc1cccc(-n2ncc3ccccc3c2=O)c1. The van der Waals surface area contributed by atoms with Crippen molar-refractivity contribution in [2.24, 2.45) is 5.92 Å². The van der Waals surface area contributed by atoms with E-state index < -0.39 is 8.41 Å². The molecule has 1 N–H and O–H groups in total. The van der Waals surface area contributed by atoms with Crippen LogP contribution in [0.5, 0.6) is 0 Å². The van der Waals surface area contributed by atoms with Crippen molar-refractivity contribution in [3.8, 4) is 5.69 Å². The highest BCUT2D eigenvalue weighted by Gasteiger charge is 2.50. The van der Waals surface area contributed by atoms with Crippen molar-refractivity contribution in [3.63, 3.8) is 0 Å². The molecule has 1 fully saturated rings. The fraction of sp³-hybridized carbons (Fsp3) is 0.440. The molecule has 0 bridgehead atoms. The van der Waals surface area contributed by atoms with E-state index in [0.717, 1.165) is 29.5 Å². The van der Waals surface area contributed by atoms with Crippen molar-refractivity contribution in [1.29, 1.82) is 0 Å². The van der Waals surface area contributed by atoms with Crippen LogP contribution in [-0.2, 0) is 11.2 Å². The Morgan fingerprint density at radius 1 is 1.12 bits per heavy atom. The third-order valence-electron chi connectivity index (χ3n) is 6.68. The largest absolute Gasteiger partial charge is 0.396 e. The van der Waals surface area contributed by atoms with Crippen LogP contribution in [0.4, 0.5) is 4.11 Å². The number of halogens is 1. The number of aliphatic hydroxyl groups excluding tert-OH is 1. The van der Waals surface area contributed by atoms with Crippen LogP contribution < -0.4 is 5.56 Å². The zero-order valence-electron chi connectivity index (χ0n) is 18.9. The molecule has 4 atom stereocenters. The van der Waals surface area contributed by atoms with Crippen molar-refractivity contribution in [2.45, 2.75) is 57.0 Å². The minimum atomic E-state index is -2.90. The van der Waals surface area contributed by atoms with Gasteiger partial charge in [-0.2, -0.15) is 9.78 Å². The highest BCUT2D eigenvalue weighted by molar-refractivity contribution is 6.72. The van der Waals surface area contributed by atoms with Crippen molar-refractivity contribution in [2.75, 3.05) is 6.61 Å². The first-order valence-electron chi connectivity index (χ1n) is 11.3. The van der Waals surface area contributed by atoms with Gasteiger partial charge in [-0.3, -0.25) is 4.79 Å². The Hall–Kier alpha value is -2.35. The maximum absolute atomic E-state index is 15.0. The number of benzene rings is 2. The summed E-state index contributed by atoms with van der Waals surface area (Å²) in [5.74, 6) is 0.117. The van der Waals surface area contributed by atoms with E-state index in [0.29, 0.717) is 11.8 Å². The molecular weight excluding hydrogens is 423 g/mol. The van der Waals surface area contributed by atoms with Crippen molar-refractivity contribution in [1.82, 2.24) is 9.78 Å². The van der Waals surface area contributed by atoms with Gasteiger partial charge in [0.2, 0.25) is 8.41 Å². The fourth-order valence-electron chi connectivity index (χ4n) is 5.20. The molecule has 0 spiro atoms. The molecule has 3 aromatic rings. The average Bonchev–Trinajstić information content (AvgIpc) is 3.08. The van der Waals surface area contributed by atoms with E-state index in [9.17, 15) is 14.0 Å². The van der Waals surface area contributed by atoms with Crippen LogP contribution in [0.15, 0.2) is 59.5 Å². The molecule has 7 heteroatoms. The number of aliphatic hydroxyl groups is 1. The maximum Gasteiger partial charge on any atom is 0.279 e. The second-order valence-electron chi connectivity index (χ2n) is 9.33. The van der Waals surface area contributed by atoms with Gasteiger partial charge in [0.15, 0.2) is 0 Å². The zero-order chi connectivity index (χ0) is 22.9. The van der Waals surface area contributed by atoms with E-state index in [1.807, 2.05) is 48.5 Å². The summed E-state index contributed by atoms with van der Waals surface area (Å²) < 4.78 is 22.6. The summed E-state index contributed by atoms with van der Waals surface area (Å²) in [6.07, 6.45) is 3.48. The van der Waals surface area contributed by atoms with Crippen molar-refractivity contribution >= 4 is 19.2 Å². The van der Waals surface area contributed by atoms with Crippen LogP contribution in [0.2, 0.25) is 18.6 Å². The molecule has 0 saturated carbocycles. The summed E-state index contributed by atoms with van der Waals surface area (Å²) >= 11 is 0. The van der Waals surface area contributed by atoms with Gasteiger partial charge in [0.05, 0.1) is 29.5 Å². The second-order valence-corrected chi connectivity index (χ2v) is 13.1. The summed E-state index contributed by atoms with van der Waals surface area (Å²) in [7, 11) is -2.90. The minimum absolute atomic E-state index is 0.0145. The topological polar surface area (TPSA) is 64.3 Å². The lowest BCUT2D eigenvalue weighted by Crippen LogP contribution is -2.36. The van der Waals surface area contributed by atoms with Gasteiger partial charge < -0.3 is 14.0 Å². The van der Waals surface area contributed by atoms with Crippen LogP contribution in [0.25, 0.3) is 16.5 Å². The van der Waals surface area contributed by atoms with E-state index in [-0.39, 0.29) is 35.8 Å². The van der Waals surface area contributed by atoms with Gasteiger partial charge in [-0.15, -0.1) is 0 Å². The molecule has 0 unspecified atom stereocenters. The highest BCUT2D eigenvalue weighted by Crippen LogP contribution is 2.46. The molecule has 1 aromatic heterocycles. The average molecular weight is 455 g/mol. The lowest BCUT2D eigenvalue weighted by Gasteiger charge is -2.28. The third-order valence-corrected chi connectivity index (χ3v) is 9.16. The number of aromatic nitrogens is 2. The normalized spacial score (nSPS) is 23.7. The monoisotopic (exact) mass is 454 g/mol. The quantitative estimate of drug-likeness (QED) is 0.417. The van der Waals surface area contributed by atoms with Gasteiger partial charge in [0, 0.05) is 17.5 Å². The van der Waals surface area contributed by atoms with Crippen LogP contribution in [0, 0.1) is 5.92 Å². The number of fused-ring (bicyclic) bond motifs is 1. The van der Waals surface area contributed by atoms with E-state index in [4.69, 9.17) is 4.74 Å². The Bertz CT molecular complexity index is 1140. The lowest BCUT2D eigenvalue weighted by molar-refractivity contribution is 0.0193. The van der Waals surface area contributed by atoms with E-state index in [1.54, 1.807) is 19.3 Å². The standard InChI is InChI=1S/C25H31FN2O3Si/c1-17-22(31-23(13-14-29)24(17)32(2,3)26)12-11-18-7-6-9-20(15-18)28-25(30)21-10-5-4-8-19(21)16-27-28/h4-10,15-17,22-24,29H,11-14H2,1-3H3/t17-,22+,23-,24+/m1/s1. The summed E-state index contributed by atoms with van der Waals surface area (Å²) in [6.45, 7) is 5.57. The van der Waals surface area contributed by atoms with E-state index in [2.05, 4.69) is 12.0 Å². The fourth-order valence-corrected chi connectivity index (χ4v) is 7.80. The number of nitrogens with zero attached hydrogens (tertiary/aromatic N) is 2. The molecule has 4 rings (SSSR count). The molecule has 1 aliphatic rings. The Morgan fingerprint density at radius 2 is 1.91 bits per heavy atom. The second kappa shape index (κ2) is 9.25. The Kier molecular flexibility index (Phi) is 6.60. The molecule has 5 nitrogen and oxygen atoms in total.